The molecule has 0 saturated heterocycles. The van der Waals surface area contributed by atoms with Gasteiger partial charge in [0.25, 0.3) is 0 Å². The number of hydrogen-bond acceptors (Lipinski definition) is 4. The smallest absolute Gasteiger partial charge is 0.211 e. The second kappa shape index (κ2) is 8.19. The minimum atomic E-state index is -1.20. The third kappa shape index (κ3) is 3.67. The van der Waals surface area contributed by atoms with E-state index < -0.39 is 5.97 Å². The van der Waals surface area contributed by atoms with E-state index in [0.717, 1.165) is 38.5 Å². The van der Waals surface area contributed by atoms with Crippen LogP contribution in [0, 0.1) is 0 Å². The molecule has 0 atom stereocenters. The number of aromatic carboxylic acids is 1. The van der Waals surface area contributed by atoms with Crippen LogP contribution in [-0.4, -0.2) is 31.1 Å². The molecule has 0 aromatic heterocycles. The molecular weight excluding hydrogens is 484 g/mol. The summed E-state index contributed by atoms with van der Waals surface area (Å²) >= 11 is 0. The van der Waals surface area contributed by atoms with E-state index in [1.165, 1.54) is 11.1 Å². The summed E-state index contributed by atoms with van der Waals surface area (Å²) in [4.78, 5) is 14.6. The van der Waals surface area contributed by atoms with Gasteiger partial charge in [0, 0.05) is 65.7 Å². The first-order valence-electron chi connectivity index (χ1n) is 13.4. The van der Waals surface area contributed by atoms with Crippen LogP contribution in [0.15, 0.2) is 60.7 Å². The second-order valence-electron chi connectivity index (χ2n) is 12.1. The maximum Gasteiger partial charge on any atom is 0.211 e. The predicted octanol–water partition coefficient (Wildman–Crippen LogP) is 4.35. The predicted molar refractivity (Wildman–Crippen MR) is 156 cm³/mol. The van der Waals surface area contributed by atoms with E-state index >= 15 is 0 Å². The first-order valence-corrected chi connectivity index (χ1v) is 13.4. The number of carbonyl (C=O) groups excluding carboxylic acids is 1. The summed E-state index contributed by atoms with van der Waals surface area (Å²) in [5, 5.41) is 14.3. The Hall–Kier alpha value is -4.12. The zero-order valence-corrected chi connectivity index (χ0v) is 23.9. The van der Waals surface area contributed by atoms with Gasteiger partial charge in [0.05, 0.1) is 17.6 Å². The Labute approximate surface area is 229 Å². The SMILES string of the molecule is CC1=CC(C)(C)N(C)c2cc3c(cc21)C(c1ccccc1C(=O)[O-])=c1cc2c(cc1O3)=[N+](C)C(C)(C)C=C2C. The van der Waals surface area contributed by atoms with Gasteiger partial charge in [-0.25, -0.2) is 4.58 Å². The fourth-order valence-corrected chi connectivity index (χ4v) is 6.35. The fourth-order valence-electron chi connectivity index (χ4n) is 6.35. The molecule has 3 heterocycles. The number of ether oxygens (including phenoxy) is 1. The number of fused-ring (bicyclic) bond motifs is 4. The molecule has 3 aromatic rings. The average Bonchev–Trinajstić information content (AvgIpc) is 2.87. The summed E-state index contributed by atoms with van der Waals surface area (Å²) in [6.45, 7) is 13.1. The summed E-state index contributed by atoms with van der Waals surface area (Å²) in [5.74, 6) is 0.233. The number of rotatable bonds is 2. The van der Waals surface area contributed by atoms with Gasteiger partial charge in [0.2, 0.25) is 5.36 Å². The van der Waals surface area contributed by atoms with Crippen molar-refractivity contribution in [3.05, 3.63) is 99.1 Å². The Morgan fingerprint density at radius 1 is 0.872 bits per heavy atom. The Balaban J connectivity index is 1.77. The van der Waals surface area contributed by atoms with Crippen LogP contribution in [0.4, 0.5) is 5.69 Å². The lowest BCUT2D eigenvalue weighted by molar-refractivity contribution is -0.255. The molecule has 0 N–H and O–H groups in total. The molecule has 5 nitrogen and oxygen atoms in total. The van der Waals surface area contributed by atoms with Crippen molar-refractivity contribution in [2.24, 2.45) is 0 Å². The van der Waals surface area contributed by atoms with Gasteiger partial charge in [-0.15, -0.1) is 0 Å². The summed E-state index contributed by atoms with van der Waals surface area (Å²) in [5.41, 5.74) is 7.89. The lowest BCUT2D eigenvalue weighted by Crippen LogP contribution is -2.47. The van der Waals surface area contributed by atoms with Crippen molar-refractivity contribution >= 4 is 28.4 Å². The molecule has 6 rings (SSSR count). The Morgan fingerprint density at radius 3 is 2.28 bits per heavy atom. The molecule has 3 aliphatic rings. The minimum absolute atomic E-state index is 0.150. The lowest BCUT2D eigenvalue weighted by atomic mass is 9.83. The first kappa shape index (κ1) is 25.2. The minimum Gasteiger partial charge on any atom is -0.545 e. The van der Waals surface area contributed by atoms with Gasteiger partial charge in [-0.2, -0.15) is 0 Å². The summed E-state index contributed by atoms with van der Waals surface area (Å²) in [6.07, 6.45) is 4.55. The van der Waals surface area contributed by atoms with Crippen molar-refractivity contribution < 1.29 is 14.6 Å². The van der Waals surface area contributed by atoms with Crippen molar-refractivity contribution in [1.29, 1.82) is 0 Å². The summed E-state index contributed by atoms with van der Waals surface area (Å²) < 4.78 is 8.95. The highest BCUT2D eigenvalue weighted by molar-refractivity contribution is 5.99. The molecule has 198 valence electrons. The normalized spacial score (nSPS) is 18.2. The number of carbonyl (C=O) groups is 1. The molecule has 0 amide bonds. The van der Waals surface area contributed by atoms with Crippen molar-refractivity contribution in [3.63, 3.8) is 0 Å². The molecular formula is C34H34N2O3. The van der Waals surface area contributed by atoms with Crippen LogP contribution in [0.2, 0.25) is 0 Å². The van der Waals surface area contributed by atoms with Crippen molar-refractivity contribution in [1.82, 2.24) is 4.58 Å². The van der Waals surface area contributed by atoms with E-state index in [2.05, 4.69) is 102 Å². The van der Waals surface area contributed by atoms with Crippen molar-refractivity contribution in [2.75, 3.05) is 19.0 Å². The third-order valence-corrected chi connectivity index (χ3v) is 8.81. The van der Waals surface area contributed by atoms with Crippen LogP contribution >= 0.6 is 0 Å². The van der Waals surface area contributed by atoms with Crippen LogP contribution < -0.4 is 29.9 Å². The average molecular weight is 519 g/mol. The van der Waals surface area contributed by atoms with E-state index in [9.17, 15) is 9.90 Å². The highest BCUT2D eigenvalue weighted by Crippen LogP contribution is 2.46. The van der Waals surface area contributed by atoms with E-state index in [1.807, 2.05) is 12.1 Å². The van der Waals surface area contributed by atoms with E-state index in [4.69, 9.17) is 4.74 Å². The highest BCUT2D eigenvalue weighted by Gasteiger charge is 2.34. The number of hydrogen-bond donors (Lipinski definition) is 0. The Morgan fingerprint density at radius 2 is 1.56 bits per heavy atom. The van der Waals surface area contributed by atoms with Crippen LogP contribution in [0.25, 0.3) is 16.7 Å². The number of carboxylic acids is 1. The highest BCUT2D eigenvalue weighted by atomic mass is 16.5. The van der Waals surface area contributed by atoms with Crippen molar-refractivity contribution in [3.8, 4) is 11.5 Å². The summed E-state index contributed by atoms with van der Waals surface area (Å²) in [7, 11) is 4.20. The van der Waals surface area contributed by atoms with Gasteiger partial charge in [-0.1, -0.05) is 30.3 Å². The number of nitrogens with zero attached hydrogens (tertiary/aromatic N) is 2. The molecule has 0 fully saturated rings. The lowest BCUT2D eigenvalue weighted by Gasteiger charge is -2.41. The molecule has 5 heteroatoms. The zero-order valence-electron chi connectivity index (χ0n) is 23.9. The van der Waals surface area contributed by atoms with Gasteiger partial charge in [0.15, 0.2) is 5.54 Å². The quantitative estimate of drug-likeness (QED) is 0.370. The number of allylic oxidation sites excluding steroid dienone is 2. The monoisotopic (exact) mass is 518 g/mol. The maximum absolute atomic E-state index is 12.3. The topological polar surface area (TPSA) is 55.6 Å². The molecule has 0 unspecified atom stereocenters. The largest absolute Gasteiger partial charge is 0.545 e. The summed E-state index contributed by atoms with van der Waals surface area (Å²) in [6, 6.07) is 15.6. The molecule has 3 aliphatic heterocycles. The third-order valence-electron chi connectivity index (χ3n) is 8.81. The second-order valence-corrected chi connectivity index (χ2v) is 12.1. The first-order chi connectivity index (χ1) is 18.3. The Kier molecular flexibility index (Phi) is 5.29. The van der Waals surface area contributed by atoms with Crippen LogP contribution in [0.5, 0.6) is 11.5 Å². The molecule has 0 spiro atoms. The van der Waals surface area contributed by atoms with Crippen LogP contribution in [0.3, 0.4) is 0 Å². The van der Waals surface area contributed by atoms with Crippen molar-refractivity contribution in [2.45, 2.75) is 52.6 Å². The fraction of sp³-hybridized carbons (Fsp3) is 0.294. The van der Waals surface area contributed by atoms with Crippen LogP contribution in [0.1, 0.15) is 74.2 Å². The van der Waals surface area contributed by atoms with E-state index in [0.29, 0.717) is 17.1 Å². The van der Waals surface area contributed by atoms with E-state index in [1.54, 1.807) is 12.1 Å². The van der Waals surface area contributed by atoms with Gasteiger partial charge >= 0.3 is 0 Å². The Bertz CT molecular complexity index is 1800. The molecule has 0 aliphatic carbocycles. The van der Waals surface area contributed by atoms with Gasteiger partial charge in [-0.3, -0.25) is 0 Å². The molecule has 3 aromatic carbocycles. The van der Waals surface area contributed by atoms with E-state index in [-0.39, 0.29) is 16.6 Å². The number of benzene rings is 3. The number of likely N-dealkylation sites (N-methyl/N-ethyl adjacent to an activating group) is 2. The number of carboxylic acid groups (broad SMARTS) is 1. The standard InChI is InChI=1S/C34H34N2O3/c1-19-17-33(3,4)35(7)27-15-29-25(13-23(19)27)31(21-11-9-10-12-22(21)32(37)38)26-14-24-20(2)18-34(5,6)36(8)28(24)16-30(26)39-29/h9-18H,1-8H3. The molecule has 39 heavy (non-hydrogen) atoms. The van der Waals surface area contributed by atoms with Gasteiger partial charge in [-0.05, 0) is 62.6 Å². The molecule has 0 bridgehead atoms. The molecule has 0 saturated carbocycles. The van der Waals surface area contributed by atoms with Crippen LogP contribution in [-0.2, 0) is 0 Å². The number of anilines is 1. The van der Waals surface area contributed by atoms with Gasteiger partial charge < -0.3 is 19.5 Å². The maximum atomic E-state index is 12.3. The zero-order chi connectivity index (χ0) is 28.0. The van der Waals surface area contributed by atoms with Gasteiger partial charge in [0.1, 0.15) is 18.5 Å². The molecule has 0 radical (unpaired) electrons.